The number of hydrogen-bond acceptors (Lipinski definition) is 6. The molecule has 1 heterocycles. The number of methoxy groups -OCH3 is 1. The van der Waals surface area contributed by atoms with Crippen molar-refractivity contribution >= 4 is 49.7 Å². The van der Waals surface area contributed by atoms with Crippen LogP contribution in [0, 0.1) is 0 Å². The molecule has 0 aliphatic heterocycles. The van der Waals surface area contributed by atoms with Crippen molar-refractivity contribution in [3.8, 4) is 0 Å². The Morgan fingerprint density at radius 3 is 2.52 bits per heavy atom. The molecule has 0 spiro atoms. The molecule has 27 heavy (non-hydrogen) atoms. The van der Waals surface area contributed by atoms with E-state index >= 15 is 0 Å². The molecular formula is C18H18ClNO5S2. The molecule has 1 aromatic carbocycles. The van der Waals surface area contributed by atoms with Gasteiger partial charge in [0.25, 0.3) is 0 Å². The molecule has 2 aromatic rings. The number of amides is 1. The second-order valence-electron chi connectivity index (χ2n) is 6.17. The van der Waals surface area contributed by atoms with Crippen molar-refractivity contribution in [3.63, 3.8) is 0 Å². The molecule has 0 saturated carbocycles. The van der Waals surface area contributed by atoms with Gasteiger partial charge in [0.05, 0.1) is 17.6 Å². The van der Waals surface area contributed by atoms with Crippen molar-refractivity contribution in [2.45, 2.75) is 30.6 Å². The van der Waals surface area contributed by atoms with E-state index in [0.717, 1.165) is 36.1 Å². The summed E-state index contributed by atoms with van der Waals surface area (Å²) < 4.78 is 29.7. The molecule has 0 atom stereocenters. The van der Waals surface area contributed by atoms with Gasteiger partial charge in [-0.2, -0.15) is 0 Å². The Hall–Kier alpha value is -1.90. The second kappa shape index (κ2) is 8.00. The van der Waals surface area contributed by atoms with Crippen LogP contribution in [0.15, 0.2) is 29.2 Å². The molecule has 1 aromatic heterocycles. The van der Waals surface area contributed by atoms with Crippen molar-refractivity contribution in [2.24, 2.45) is 0 Å². The van der Waals surface area contributed by atoms with E-state index in [9.17, 15) is 18.0 Å². The quantitative estimate of drug-likeness (QED) is 0.738. The van der Waals surface area contributed by atoms with Gasteiger partial charge in [0.15, 0.2) is 9.84 Å². The highest BCUT2D eigenvalue weighted by Crippen LogP contribution is 2.38. The number of benzene rings is 1. The first-order chi connectivity index (χ1) is 12.8. The normalized spacial score (nSPS) is 13.7. The summed E-state index contributed by atoms with van der Waals surface area (Å²) in [6.45, 7) is 0. The van der Waals surface area contributed by atoms with Crippen molar-refractivity contribution in [3.05, 3.63) is 45.3 Å². The summed E-state index contributed by atoms with van der Waals surface area (Å²) in [7, 11) is -2.54. The van der Waals surface area contributed by atoms with Gasteiger partial charge in [-0.1, -0.05) is 11.6 Å². The highest BCUT2D eigenvalue weighted by molar-refractivity contribution is 7.92. The Kier molecular flexibility index (Phi) is 5.88. The number of thiophene rings is 1. The minimum Gasteiger partial charge on any atom is -0.465 e. The molecule has 1 N–H and O–H groups in total. The second-order valence-corrected chi connectivity index (χ2v) is 9.70. The fraction of sp³-hybridized carbons (Fsp3) is 0.333. The summed E-state index contributed by atoms with van der Waals surface area (Å²) in [5.74, 6) is -1.95. The number of anilines is 1. The van der Waals surface area contributed by atoms with Crippen LogP contribution in [-0.4, -0.2) is 33.2 Å². The van der Waals surface area contributed by atoms with Crippen molar-refractivity contribution in [1.82, 2.24) is 0 Å². The zero-order valence-electron chi connectivity index (χ0n) is 14.6. The molecule has 0 saturated heterocycles. The number of nitrogens with one attached hydrogen (secondary N) is 1. The van der Waals surface area contributed by atoms with Gasteiger partial charge in [-0.05, 0) is 55.5 Å². The van der Waals surface area contributed by atoms with Gasteiger partial charge in [-0.15, -0.1) is 11.3 Å². The smallest absolute Gasteiger partial charge is 0.341 e. The minimum atomic E-state index is -3.82. The summed E-state index contributed by atoms with van der Waals surface area (Å²) in [5.41, 5.74) is 1.24. The summed E-state index contributed by atoms with van der Waals surface area (Å²) >= 11 is 7.08. The lowest BCUT2D eigenvalue weighted by Crippen LogP contribution is -2.23. The van der Waals surface area contributed by atoms with E-state index in [4.69, 9.17) is 16.3 Å². The van der Waals surface area contributed by atoms with E-state index in [2.05, 4.69) is 5.32 Å². The highest BCUT2D eigenvalue weighted by Gasteiger charge is 2.28. The van der Waals surface area contributed by atoms with Crippen LogP contribution in [0.4, 0.5) is 5.00 Å². The Bertz CT molecular complexity index is 980. The molecule has 1 aliphatic carbocycles. The molecular weight excluding hydrogens is 410 g/mol. The standard InChI is InChI=1S/C18H18ClNO5S2/c1-25-18(22)16-13-4-2-3-5-14(13)26-17(16)20-15(21)10-27(23,24)12-8-6-11(19)7-9-12/h6-9H,2-5,10H2,1H3,(H,20,21). The summed E-state index contributed by atoms with van der Waals surface area (Å²) in [6, 6.07) is 5.62. The number of carbonyl (C=O) groups is 2. The Morgan fingerprint density at radius 2 is 1.85 bits per heavy atom. The van der Waals surface area contributed by atoms with Crippen LogP contribution in [0.1, 0.15) is 33.6 Å². The van der Waals surface area contributed by atoms with Crippen molar-refractivity contribution < 1.29 is 22.7 Å². The lowest BCUT2D eigenvalue weighted by molar-refractivity contribution is -0.113. The minimum absolute atomic E-state index is 0.0146. The number of aryl methyl sites for hydroxylation is 1. The summed E-state index contributed by atoms with van der Waals surface area (Å²) in [6.07, 6.45) is 3.57. The van der Waals surface area contributed by atoms with E-state index in [1.165, 1.54) is 42.7 Å². The molecule has 6 nitrogen and oxygen atoms in total. The molecule has 1 aliphatic rings. The van der Waals surface area contributed by atoms with Crippen LogP contribution in [0.25, 0.3) is 0 Å². The topological polar surface area (TPSA) is 89.5 Å². The Labute approximate surface area is 166 Å². The molecule has 0 bridgehead atoms. The van der Waals surface area contributed by atoms with E-state index in [1.807, 2.05) is 0 Å². The zero-order chi connectivity index (χ0) is 19.6. The van der Waals surface area contributed by atoms with E-state index in [1.54, 1.807) is 0 Å². The van der Waals surface area contributed by atoms with Gasteiger partial charge in [-0.3, -0.25) is 4.79 Å². The summed E-state index contributed by atoms with van der Waals surface area (Å²) in [4.78, 5) is 25.6. The van der Waals surface area contributed by atoms with Crippen molar-refractivity contribution in [1.29, 1.82) is 0 Å². The van der Waals surface area contributed by atoms with Crippen LogP contribution in [0.2, 0.25) is 5.02 Å². The van der Waals surface area contributed by atoms with Gasteiger partial charge < -0.3 is 10.1 Å². The fourth-order valence-electron chi connectivity index (χ4n) is 3.03. The number of carbonyl (C=O) groups excluding carboxylic acids is 2. The lowest BCUT2D eigenvalue weighted by Gasteiger charge is -2.11. The first-order valence-electron chi connectivity index (χ1n) is 8.33. The average molecular weight is 428 g/mol. The first kappa shape index (κ1) is 19.9. The zero-order valence-corrected chi connectivity index (χ0v) is 17.0. The predicted octanol–water partition coefficient (Wildman–Crippen LogP) is 3.48. The predicted molar refractivity (Wildman–Crippen MR) is 104 cm³/mol. The number of hydrogen-bond donors (Lipinski definition) is 1. The molecule has 3 rings (SSSR count). The van der Waals surface area contributed by atoms with Crippen molar-refractivity contribution in [2.75, 3.05) is 18.2 Å². The van der Waals surface area contributed by atoms with Gasteiger partial charge in [-0.25, -0.2) is 13.2 Å². The Morgan fingerprint density at radius 1 is 1.19 bits per heavy atom. The number of halogens is 1. The van der Waals surface area contributed by atoms with Crippen LogP contribution in [-0.2, 0) is 32.2 Å². The van der Waals surface area contributed by atoms with Crippen LogP contribution < -0.4 is 5.32 Å². The third-order valence-electron chi connectivity index (χ3n) is 4.31. The molecule has 144 valence electrons. The largest absolute Gasteiger partial charge is 0.465 e. The number of fused-ring (bicyclic) bond motifs is 1. The molecule has 9 heteroatoms. The van der Waals surface area contributed by atoms with E-state index in [0.29, 0.717) is 15.6 Å². The Balaban J connectivity index is 1.83. The van der Waals surface area contributed by atoms with E-state index in [-0.39, 0.29) is 4.90 Å². The molecule has 1 amide bonds. The molecule has 0 radical (unpaired) electrons. The number of ether oxygens (including phenoxy) is 1. The van der Waals surface area contributed by atoms with Gasteiger partial charge in [0.1, 0.15) is 10.8 Å². The van der Waals surface area contributed by atoms with Gasteiger partial charge >= 0.3 is 5.97 Å². The van der Waals surface area contributed by atoms with Crippen LogP contribution in [0.5, 0.6) is 0 Å². The van der Waals surface area contributed by atoms with Gasteiger partial charge in [0, 0.05) is 9.90 Å². The third-order valence-corrected chi connectivity index (χ3v) is 7.40. The molecule has 0 fully saturated rings. The average Bonchev–Trinajstić information content (AvgIpc) is 2.98. The SMILES string of the molecule is COC(=O)c1c(NC(=O)CS(=O)(=O)c2ccc(Cl)cc2)sc2c1CCCC2. The fourth-order valence-corrected chi connectivity index (χ4v) is 5.59. The van der Waals surface area contributed by atoms with E-state index < -0.39 is 27.5 Å². The summed E-state index contributed by atoms with van der Waals surface area (Å²) in [5, 5.41) is 3.35. The molecule has 0 unspecified atom stereocenters. The van der Waals surface area contributed by atoms with Crippen LogP contribution >= 0.6 is 22.9 Å². The van der Waals surface area contributed by atoms with Gasteiger partial charge in [0.2, 0.25) is 5.91 Å². The first-order valence-corrected chi connectivity index (χ1v) is 11.2. The third kappa shape index (κ3) is 4.34. The number of sulfone groups is 1. The number of rotatable bonds is 5. The maximum atomic E-state index is 12.4. The lowest BCUT2D eigenvalue weighted by atomic mass is 9.95. The number of esters is 1. The maximum absolute atomic E-state index is 12.4. The maximum Gasteiger partial charge on any atom is 0.341 e. The monoisotopic (exact) mass is 427 g/mol. The van der Waals surface area contributed by atoms with Crippen LogP contribution in [0.3, 0.4) is 0 Å². The highest BCUT2D eigenvalue weighted by atomic mass is 35.5.